The molecule has 0 spiro atoms. The van der Waals surface area contributed by atoms with Crippen LogP contribution in [0, 0.1) is 13.8 Å². The van der Waals surface area contributed by atoms with E-state index in [1.807, 2.05) is 25.3 Å². The number of benzene rings is 1. The Morgan fingerprint density at radius 3 is 2.62 bits per heavy atom. The highest BCUT2D eigenvalue weighted by Crippen LogP contribution is 2.23. The molecule has 1 heterocycles. The Bertz CT molecular complexity index is 704. The number of nitrogens with one attached hydrogen (secondary N) is 1. The number of thiophene rings is 1. The van der Waals surface area contributed by atoms with Gasteiger partial charge in [0.1, 0.15) is 0 Å². The predicted molar refractivity (Wildman–Crippen MR) is 84.5 cm³/mol. The molecule has 0 atom stereocenters. The van der Waals surface area contributed by atoms with E-state index in [2.05, 4.69) is 5.32 Å². The fourth-order valence-electron chi connectivity index (χ4n) is 2.15. The lowest BCUT2D eigenvalue weighted by Gasteiger charge is -2.10. The number of carbonyl (C=O) groups excluding carboxylic acids is 1. The molecule has 1 aromatic heterocycles. The van der Waals surface area contributed by atoms with Gasteiger partial charge in [0.15, 0.2) is 0 Å². The van der Waals surface area contributed by atoms with Crippen LogP contribution in [-0.4, -0.2) is 17.0 Å². The topological polar surface area (TPSA) is 66.4 Å². The minimum Gasteiger partial charge on any atom is -0.478 e. The van der Waals surface area contributed by atoms with Crippen LogP contribution < -0.4 is 5.32 Å². The largest absolute Gasteiger partial charge is 0.478 e. The normalized spacial score (nSPS) is 10.4. The van der Waals surface area contributed by atoms with Crippen LogP contribution in [-0.2, 0) is 6.42 Å². The van der Waals surface area contributed by atoms with Gasteiger partial charge in [-0.15, -0.1) is 11.3 Å². The van der Waals surface area contributed by atoms with Gasteiger partial charge in [0.05, 0.1) is 10.4 Å². The molecule has 2 rings (SSSR count). The van der Waals surface area contributed by atoms with Gasteiger partial charge >= 0.3 is 5.97 Å². The van der Waals surface area contributed by atoms with E-state index < -0.39 is 5.97 Å². The average molecular weight is 303 g/mol. The fraction of sp³-hybridized carbons (Fsp3) is 0.250. The van der Waals surface area contributed by atoms with Crippen LogP contribution in [0.5, 0.6) is 0 Å². The van der Waals surface area contributed by atoms with Gasteiger partial charge in [-0.2, -0.15) is 0 Å². The van der Waals surface area contributed by atoms with E-state index in [1.165, 1.54) is 17.4 Å². The van der Waals surface area contributed by atoms with Gasteiger partial charge < -0.3 is 10.4 Å². The molecule has 0 aliphatic heterocycles. The van der Waals surface area contributed by atoms with Crippen molar-refractivity contribution < 1.29 is 14.7 Å². The maximum absolute atomic E-state index is 12.3. The average Bonchev–Trinajstić information content (AvgIpc) is 2.90. The summed E-state index contributed by atoms with van der Waals surface area (Å²) in [5, 5.41) is 13.9. The van der Waals surface area contributed by atoms with E-state index in [9.17, 15) is 14.7 Å². The van der Waals surface area contributed by atoms with Crippen molar-refractivity contribution in [3.8, 4) is 0 Å². The third-order valence-corrected chi connectivity index (χ3v) is 4.44. The summed E-state index contributed by atoms with van der Waals surface area (Å²) in [7, 11) is 0. The highest BCUT2D eigenvalue weighted by Gasteiger charge is 2.15. The van der Waals surface area contributed by atoms with Crippen LogP contribution in [0.1, 0.15) is 43.6 Å². The highest BCUT2D eigenvalue weighted by molar-refractivity contribution is 7.12. The number of amides is 1. The van der Waals surface area contributed by atoms with Crippen LogP contribution in [0.4, 0.5) is 5.69 Å². The summed E-state index contributed by atoms with van der Waals surface area (Å²) < 4.78 is 0. The van der Waals surface area contributed by atoms with E-state index in [4.69, 9.17) is 0 Å². The van der Waals surface area contributed by atoms with Crippen molar-refractivity contribution in [2.45, 2.75) is 27.2 Å². The molecule has 5 heteroatoms. The van der Waals surface area contributed by atoms with E-state index >= 15 is 0 Å². The first-order chi connectivity index (χ1) is 9.93. The van der Waals surface area contributed by atoms with E-state index in [0.717, 1.165) is 17.5 Å². The number of hydrogen-bond donors (Lipinski definition) is 2. The molecular weight excluding hydrogens is 286 g/mol. The molecule has 0 aliphatic rings. The second-order valence-corrected chi connectivity index (χ2v) is 5.77. The number of carboxylic acid groups (broad SMARTS) is 1. The molecule has 1 amide bonds. The summed E-state index contributed by atoms with van der Waals surface area (Å²) in [6, 6.07) is 5.23. The number of anilines is 1. The number of rotatable bonds is 4. The lowest BCUT2D eigenvalue weighted by Crippen LogP contribution is -2.13. The maximum atomic E-state index is 12.3. The van der Waals surface area contributed by atoms with Gasteiger partial charge in [-0.1, -0.05) is 6.92 Å². The van der Waals surface area contributed by atoms with Gasteiger partial charge in [0.2, 0.25) is 0 Å². The number of carbonyl (C=O) groups is 2. The minimum absolute atomic E-state index is 0.193. The zero-order valence-corrected chi connectivity index (χ0v) is 13.0. The van der Waals surface area contributed by atoms with Gasteiger partial charge in [0.25, 0.3) is 5.91 Å². The number of aromatic carboxylic acids is 1. The Morgan fingerprint density at radius 2 is 2.00 bits per heavy atom. The molecule has 0 saturated heterocycles. The first-order valence-corrected chi connectivity index (χ1v) is 7.54. The predicted octanol–water partition coefficient (Wildman–Crippen LogP) is 3.88. The molecule has 0 saturated carbocycles. The Hall–Kier alpha value is -2.14. The van der Waals surface area contributed by atoms with Crippen LogP contribution >= 0.6 is 11.3 Å². The molecule has 1 aromatic carbocycles. The van der Waals surface area contributed by atoms with E-state index in [1.54, 1.807) is 13.0 Å². The van der Waals surface area contributed by atoms with Crippen LogP contribution in [0.25, 0.3) is 0 Å². The molecular formula is C16H17NO3S. The van der Waals surface area contributed by atoms with Crippen molar-refractivity contribution >= 4 is 28.9 Å². The van der Waals surface area contributed by atoms with Crippen LogP contribution in [0.3, 0.4) is 0 Å². The second kappa shape index (κ2) is 6.10. The van der Waals surface area contributed by atoms with Crippen molar-refractivity contribution in [3.63, 3.8) is 0 Å². The first-order valence-electron chi connectivity index (χ1n) is 6.66. The zero-order valence-electron chi connectivity index (χ0n) is 12.2. The monoisotopic (exact) mass is 303 g/mol. The molecule has 0 bridgehead atoms. The summed E-state index contributed by atoms with van der Waals surface area (Å²) in [4.78, 5) is 24.2. The molecule has 0 fully saturated rings. The van der Waals surface area contributed by atoms with Crippen LogP contribution in [0.2, 0.25) is 0 Å². The smallest absolute Gasteiger partial charge is 0.336 e. The van der Waals surface area contributed by atoms with Crippen molar-refractivity contribution in [1.82, 2.24) is 0 Å². The molecule has 21 heavy (non-hydrogen) atoms. The summed E-state index contributed by atoms with van der Waals surface area (Å²) >= 11 is 1.39. The Kier molecular flexibility index (Phi) is 4.43. The van der Waals surface area contributed by atoms with Crippen molar-refractivity contribution in [2.75, 3.05) is 5.32 Å². The molecule has 0 radical (unpaired) electrons. The van der Waals surface area contributed by atoms with Crippen LogP contribution in [0.15, 0.2) is 23.6 Å². The van der Waals surface area contributed by atoms with Crippen molar-refractivity contribution in [1.29, 1.82) is 0 Å². The second-order valence-electron chi connectivity index (χ2n) is 4.85. The van der Waals surface area contributed by atoms with Crippen molar-refractivity contribution in [2.24, 2.45) is 0 Å². The zero-order chi connectivity index (χ0) is 15.6. The summed E-state index contributed by atoms with van der Waals surface area (Å²) in [6.07, 6.45) is 0.791. The van der Waals surface area contributed by atoms with E-state index in [0.29, 0.717) is 16.1 Å². The summed E-state index contributed by atoms with van der Waals surface area (Å²) in [6.45, 7) is 5.59. The number of aryl methyl sites for hydroxylation is 2. The Labute approximate surface area is 127 Å². The molecule has 2 N–H and O–H groups in total. The van der Waals surface area contributed by atoms with Gasteiger partial charge in [-0.05, 0) is 60.5 Å². The SMILES string of the molecule is CCc1ccsc1C(=O)Nc1cc(C)c(C)c(C(=O)O)c1. The number of carboxylic acids is 1. The molecule has 0 aliphatic carbocycles. The van der Waals surface area contributed by atoms with Gasteiger partial charge in [0, 0.05) is 5.69 Å². The molecule has 2 aromatic rings. The Morgan fingerprint density at radius 1 is 1.29 bits per heavy atom. The molecule has 4 nitrogen and oxygen atoms in total. The van der Waals surface area contributed by atoms with Gasteiger partial charge in [-0.25, -0.2) is 4.79 Å². The lowest BCUT2D eigenvalue weighted by atomic mass is 10.0. The lowest BCUT2D eigenvalue weighted by molar-refractivity contribution is 0.0695. The first kappa shape index (κ1) is 15.3. The van der Waals surface area contributed by atoms with Gasteiger partial charge in [-0.3, -0.25) is 4.79 Å². The third kappa shape index (κ3) is 3.13. The van der Waals surface area contributed by atoms with Crippen molar-refractivity contribution in [3.05, 3.63) is 50.7 Å². The van der Waals surface area contributed by atoms with E-state index in [-0.39, 0.29) is 11.5 Å². The summed E-state index contributed by atoms with van der Waals surface area (Å²) in [5.74, 6) is -1.18. The quantitative estimate of drug-likeness (QED) is 0.900. The maximum Gasteiger partial charge on any atom is 0.336 e. The fourth-order valence-corrected chi connectivity index (χ4v) is 3.05. The molecule has 0 unspecified atom stereocenters. The third-order valence-electron chi connectivity index (χ3n) is 3.49. The highest BCUT2D eigenvalue weighted by atomic mass is 32.1. The standard InChI is InChI=1S/C16H17NO3S/c1-4-11-5-6-21-14(11)15(18)17-12-7-9(2)10(3)13(8-12)16(19)20/h5-8H,4H2,1-3H3,(H,17,18)(H,19,20). The summed E-state index contributed by atoms with van der Waals surface area (Å²) in [5.41, 5.74) is 3.28. The molecule has 110 valence electrons. The Balaban J connectivity index is 2.32. The number of hydrogen-bond acceptors (Lipinski definition) is 3. The minimum atomic E-state index is -0.989.